The SMILES string of the molecule is O=C(C1=C(c2cnc(N3CC(COc4c(F)ccc(Cl)c4F)C3)s2)C[C@@H]2CNC[C@H]1N2)N(Cc1cccc(Cl)c1Cl)C1CC1. The van der Waals surface area contributed by atoms with E-state index < -0.39 is 17.4 Å². The average Bonchev–Trinajstić information content (AvgIpc) is 3.72. The molecule has 7 rings (SSSR count). The molecule has 4 aliphatic rings. The van der Waals surface area contributed by atoms with Crippen LogP contribution in [0.1, 0.15) is 29.7 Å². The van der Waals surface area contributed by atoms with E-state index in [1.807, 2.05) is 23.2 Å². The summed E-state index contributed by atoms with van der Waals surface area (Å²) in [6.07, 6.45) is 4.52. The molecule has 1 aliphatic carbocycles. The molecule has 44 heavy (non-hydrogen) atoms. The Bertz CT molecular complexity index is 1630. The molecule has 3 aromatic rings. The third-order valence-electron chi connectivity index (χ3n) is 8.64. The number of nitrogens with one attached hydrogen (secondary N) is 2. The molecule has 3 aliphatic heterocycles. The maximum atomic E-state index is 14.4. The fourth-order valence-corrected chi connectivity index (χ4v) is 7.72. The van der Waals surface area contributed by atoms with E-state index in [1.165, 1.54) is 6.07 Å². The first-order chi connectivity index (χ1) is 21.3. The summed E-state index contributed by atoms with van der Waals surface area (Å²) in [5.41, 5.74) is 2.67. The molecule has 2 saturated heterocycles. The number of carbonyl (C=O) groups excluding carboxylic acids is 1. The Hall–Kier alpha value is -2.47. The Morgan fingerprint density at radius 2 is 1.93 bits per heavy atom. The van der Waals surface area contributed by atoms with E-state index >= 15 is 0 Å². The summed E-state index contributed by atoms with van der Waals surface area (Å²) in [6.45, 7) is 3.37. The van der Waals surface area contributed by atoms with Gasteiger partial charge in [0.15, 0.2) is 22.5 Å². The van der Waals surface area contributed by atoms with Crippen LogP contribution in [0.25, 0.3) is 5.57 Å². The van der Waals surface area contributed by atoms with Gasteiger partial charge in [0.05, 0.1) is 32.6 Å². The molecule has 0 spiro atoms. The average molecular weight is 681 g/mol. The first kappa shape index (κ1) is 30.2. The number of hydrogen-bond donors (Lipinski definition) is 2. The van der Waals surface area contributed by atoms with Crippen molar-refractivity contribution in [1.82, 2.24) is 20.5 Å². The standard InChI is InChI=1S/C31H30Cl3F2N5O2S/c32-21-3-1-2-17(27(21)34)14-41(19-4-5-19)30(42)26-20(8-18-9-37-10-24(26)39-18)25-11-38-31(44-25)40-12-16(13-40)15-43-29-23(35)7-6-22(33)28(29)36/h1-3,6-7,11,16,18-19,24,37,39H,4-5,8-10,12-15H2/t18-,24-/m1/s1. The van der Waals surface area contributed by atoms with E-state index in [0.29, 0.717) is 36.2 Å². The summed E-state index contributed by atoms with van der Waals surface area (Å²) in [6, 6.07) is 8.09. The topological polar surface area (TPSA) is 69.7 Å². The summed E-state index contributed by atoms with van der Waals surface area (Å²) >= 11 is 20.2. The van der Waals surface area contributed by atoms with Gasteiger partial charge in [-0.2, -0.15) is 0 Å². The second-order valence-electron chi connectivity index (χ2n) is 11.8. The second-order valence-corrected chi connectivity index (χ2v) is 14.0. The Morgan fingerprint density at radius 3 is 2.73 bits per heavy atom. The van der Waals surface area contributed by atoms with Gasteiger partial charge in [-0.05, 0) is 48.6 Å². The van der Waals surface area contributed by atoms with Crippen LogP contribution in [0.4, 0.5) is 13.9 Å². The highest BCUT2D eigenvalue weighted by Crippen LogP contribution is 2.41. The molecule has 2 atom stereocenters. The summed E-state index contributed by atoms with van der Waals surface area (Å²) in [4.78, 5) is 24.2. The van der Waals surface area contributed by atoms with E-state index in [4.69, 9.17) is 44.5 Å². The van der Waals surface area contributed by atoms with Gasteiger partial charge in [-0.3, -0.25) is 4.79 Å². The lowest BCUT2D eigenvalue weighted by Gasteiger charge is -2.40. The number of aromatic nitrogens is 1. The number of thiazole rings is 1. The van der Waals surface area contributed by atoms with Crippen LogP contribution in [0.5, 0.6) is 5.75 Å². The lowest BCUT2D eigenvalue weighted by molar-refractivity contribution is -0.128. The minimum atomic E-state index is -0.885. The van der Waals surface area contributed by atoms with E-state index in [-0.39, 0.29) is 41.6 Å². The smallest absolute Gasteiger partial charge is 0.252 e. The van der Waals surface area contributed by atoms with Gasteiger partial charge in [0.25, 0.3) is 5.91 Å². The number of halogens is 5. The number of piperazine rings is 1. The third-order valence-corrected chi connectivity index (χ3v) is 10.9. The van der Waals surface area contributed by atoms with Crippen molar-refractivity contribution in [3.63, 3.8) is 0 Å². The predicted molar refractivity (Wildman–Crippen MR) is 170 cm³/mol. The number of benzene rings is 2. The van der Waals surface area contributed by atoms with Gasteiger partial charge in [-0.1, -0.05) is 58.3 Å². The third kappa shape index (κ3) is 5.92. The fraction of sp³-hybridized carbons (Fsp3) is 0.419. The van der Waals surface area contributed by atoms with Crippen LogP contribution in [0, 0.1) is 17.6 Å². The second kappa shape index (κ2) is 12.4. The molecular formula is C31H30Cl3F2N5O2S. The highest BCUT2D eigenvalue weighted by molar-refractivity contribution is 7.16. The molecule has 4 heterocycles. The molecule has 1 aromatic heterocycles. The zero-order valence-corrected chi connectivity index (χ0v) is 26.7. The van der Waals surface area contributed by atoms with Crippen LogP contribution in [-0.4, -0.2) is 66.7 Å². The summed E-state index contributed by atoms with van der Waals surface area (Å²) in [5.74, 6) is -1.99. The zero-order chi connectivity index (χ0) is 30.5. The van der Waals surface area contributed by atoms with Gasteiger partial charge >= 0.3 is 0 Å². The first-order valence-corrected chi connectivity index (χ1v) is 16.6. The molecule has 0 radical (unpaired) electrons. The van der Waals surface area contributed by atoms with Crippen molar-refractivity contribution in [2.24, 2.45) is 5.92 Å². The molecule has 1 amide bonds. The van der Waals surface area contributed by atoms with Crippen molar-refractivity contribution in [3.8, 4) is 5.75 Å². The number of rotatable bonds is 9. The van der Waals surface area contributed by atoms with Crippen molar-refractivity contribution in [1.29, 1.82) is 0 Å². The lowest BCUT2D eigenvalue weighted by Crippen LogP contribution is -2.59. The van der Waals surface area contributed by atoms with E-state index in [9.17, 15) is 13.6 Å². The highest BCUT2D eigenvalue weighted by atomic mass is 35.5. The Kier molecular flexibility index (Phi) is 8.50. The Balaban J connectivity index is 1.09. The van der Waals surface area contributed by atoms with Crippen molar-refractivity contribution >= 4 is 62.8 Å². The summed E-state index contributed by atoms with van der Waals surface area (Å²) < 4.78 is 33.7. The zero-order valence-electron chi connectivity index (χ0n) is 23.6. The largest absolute Gasteiger partial charge is 0.487 e. The minimum Gasteiger partial charge on any atom is -0.487 e. The van der Waals surface area contributed by atoms with Gasteiger partial charge in [0, 0.05) is 62.5 Å². The molecule has 2 aromatic carbocycles. The molecule has 0 unspecified atom stereocenters. The van der Waals surface area contributed by atoms with Gasteiger partial charge < -0.3 is 25.2 Å². The molecule has 7 nitrogen and oxygen atoms in total. The molecule has 13 heteroatoms. The molecule has 3 fully saturated rings. The van der Waals surface area contributed by atoms with Crippen LogP contribution in [-0.2, 0) is 11.3 Å². The van der Waals surface area contributed by atoms with Crippen LogP contribution >= 0.6 is 46.1 Å². The van der Waals surface area contributed by atoms with Crippen LogP contribution in [0.2, 0.25) is 15.1 Å². The van der Waals surface area contributed by atoms with Crippen molar-refractivity contribution in [3.05, 3.63) is 79.2 Å². The van der Waals surface area contributed by atoms with Gasteiger partial charge in [-0.25, -0.2) is 13.8 Å². The number of fused-ring (bicyclic) bond motifs is 2. The summed E-state index contributed by atoms with van der Waals surface area (Å²) in [5, 5.41) is 8.78. The van der Waals surface area contributed by atoms with Crippen LogP contribution in [0.15, 0.2) is 42.1 Å². The van der Waals surface area contributed by atoms with E-state index in [0.717, 1.165) is 58.6 Å². The minimum absolute atomic E-state index is 0.0229. The number of hydrogen-bond acceptors (Lipinski definition) is 7. The molecule has 1 saturated carbocycles. The van der Waals surface area contributed by atoms with Crippen molar-refractivity contribution in [2.75, 3.05) is 37.7 Å². The first-order valence-electron chi connectivity index (χ1n) is 14.7. The summed E-state index contributed by atoms with van der Waals surface area (Å²) in [7, 11) is 0. The van der Waals surface area contributed by atoms with Gasteiger partial charge in [0.1, 0.15) is 0 Å². The maximum Gasteiger partial charge on any atom is 0.252 e. The number of nitrogens with zero attached hydrogens (tertiary/aromatic N) is 3. The fourth-order valence-electron chi connectivity index (χ4n) is 6.18. The number of carbonyl (C=O) groups is 1. The van der Waals surface area contributed by atoms with E-state index in [2.05, 4.69) is 15.5 Å². The van der Waals surface area contributed by atoms with Gasteiger partial charge in [-0.15, -0.1) is 0 Å². The molecule has 2 bridgehead atoms. The van der Waals surface area contributed by atoms with E-state index in [1.54, 1.807) is 17.4 Å². The molecule has 2 N–H and O–H groups in total. The lowest BCUT2D eigenvalue weighted by atomic mass is 9.86. The molecule has 232 valence electrons. The Morgan fingerprint density at radius 1 is 1.11 bits per heavy atom. The molecular weight excluding hydrogens is 651 g/mol. The number of anilines is 1. The monoisotopic (exact) mass is 679 g/mol. The van der Waals surface area contributed by atoms with Gasteiger partial charge in [0.2, 0.25) is 0 Å². The van der Waals surface area contributed by atoms with Crippen molar-refractivity contribution < 1.29 is 18.3 Å². The van der Waals surface area contributed by atoms with Crippen LogP contribution < -0.4 is 20.3 Å². The van der Waals surface area contributed by atoms with Crippen molar-refractivity contribution in [2.45, 2.75) is 43.9 Å². The Labute approximate surface area is 273 Å². The predicted octanol–water partition coefficient (Wildman–Crippen LogP) is 6.18. The van der Waals surface area contributed by atoms with Crippen LogP contribution in [0.3, 0.4) is 0 Å². The number of ether oxygens (including phenoxy) is 1. The highest BCUT2D eigenvalue weighted by Gasteiger charge is 2.42. The number of amides is 1. The maximum absolute atomic E-state index is 14.4. The normalized spacial score (nSPS) is 21.8. The quantitative estimate of drug-likeness (QED) is 0.264.